The van der Waals surface area contributed by atoms with Crippen molar-refractivity contribution in [2.45, 2.75) is 6.92 Å². The number of fused-ring (bicyclic) bond motifs is 1. The Kier molecular flexibility index (Phi) is 4.69. The van der Waals surface area contributed by atoms with E-state index in [0.717, 1.165) is 17.3 Å². The van der Waals surface area contributed by atoms with Gasteiger partial charge in [0.25, 0.3) is 11.6 Å². The third-order valence-corrected chi connectivity index (χ3v) is 4.64. The average molecular weight is 408 g/mol. The summed E-state index contributed by atoms with van der Waals surface area (Å²) in [6.45, 7) is 2.00. The summed E-state index contributed by atoms with van der Waals surface area (Å²) in [5.74, 6) is -0.552. The molecule has 1 heterocycles. The number of rotatable bonds is 4. The van der Waals surface area contributed by atoms with Crippen molar-refractivity contribution < 1.29 is 9.72 Å². The van der Waals surface area contributed by atoms with Crippen LogP contribution in [0.4, 0.5) is 11.4 Å². The van der Waals surface area contributed by atoms with Crippen LogP contribution in [0.25, 0.3) is 16.7 Å². The SMILES string of the molecule is Cc1ccc(-n2nc3ccc(NC(=O)c4cc([N+](=O)[O-])ccc4Cl)cc3n2)cc1. The van der Waals surface area contributed by atoms with Crippen LogP contribution in [0.1, 0.15) is 15.9 Å². The Morgan fingerprint density at radius 2 is 1.76 bits per heavy atom. The molecule has 0 radical (unpaired) electrons. The maximum Gasteiger partial charge on any atom is 0.270 e. The molecular weight excluding hydrogens is 394 g/mol. The number of benzene rings is 3. The predicted octanol–water partition coefficient (Wildman–Crippen LogP) is 4.54. The van der Waals surface area contributed by atoms with E-state index in [1.807, 2.05) is 31.2 Å². The normalized spacial score (nSPS) is 10.8. The smallest absolute Gasteiger partial charge is 0.270 e. The minimum atomic E-state index is -0.581. The highest BCUT2D eigenvalue weighted by molar-refractivity contribution is 6.34. The Balaban J connectivity index is 1.62. The number of hydrogen-bond acceptors (Lipinski definition) is 5. The molecule has 3 aromatic carbocycles. The average Bonchev–Trinajstić information content (AvgIpc) is 3.12. The zero-order chi connectivity index (χ0) is 20.5. The second-order valence-corrected chi connectivity index (χ2v) is 6.81. The number of nitrogens with one attached hydrogen (secondary N) is 1. The van der Waals surface area contributed by atoms with Crippen LogP contribution in [0, 0.1) is 17.0 Å². The van der Waals surface area contributed by atoms with Gasteiger partial charge in [0.05, 0.1) is 21.2 Å². The fourth-order valence-corrected chi connectivity index (χ4v) is 2.99. The molecule has 1 amide bonds. The summed E-state index contributed by atoms with van der Waals surface area (Å²) in [5.41, 5.74) is 3.49. The van der Waals surface area contributed by atoms with Crippen molar-refractivity contribution in [1.29, 1.82) is 0 Å². The number of anilines is 1. The molecule has 0 spiro atoms. The van der Waals surface area contributed by atoms with Gasteiger partial charge >= 0.3 is 0 Å². The summed E-state index contributed by atoms with van der Waals surface area (Å²) in [7, 11) is 0. The summed E-state index contributed by atoms with van der Waals surface area (Å²) in [5, 5.41) is 22.6. The van der Waals surface area contributed by atoms with Gasteiger partial charge in [-0.05, 0) is 43.3 Å². The largest absolute Gasteiger partial charge is 0.322 e. The fourth-order valence-electron chi connectivity index (χ4n) is 2.79. The van der Waals surface area contributed by atoms with Crippen LogP contribution in [0.5, 0.6) is 0 Å². The summed E-state index contributed by atoms with van der Waals surface area (Å²) in [6, 6.07) is 16.6. The molecule has 0 saturated heterocycles. The topological polar surface area (TPSA) is 103 Å². The molecule has 9 heteroatoms. The van der Waals surface area contributed by atoms with Crippen molar-refractivity contribution in [3.63, 3.8) is 0 Å². The van der Waals surface area contributed by atoms with E-state index in [1.165, 1.54) is 16.9 Å². The molecule has 8 nitrogen and oxygen atoms in total. The molecule has 144 valence electrons. The van der Waals surface area contributed by atoms with Crippen molar-refractivity contribution >= 4 is 39.9 Å². The first-order valence-corrected chi connectivity index (χ1v) is 8.98. The van der Waals surface area contributed by atoms with Gasteiger partial charge < -0.3 is 5.32 Å². The molecule has 0 aliphatic rings. The predicted molar refractivity (Wildman–Crippen MR) is 110 cm³/mol. The van der Waals surface area contributed by atoms with Gasteiger partial charge in [-0.2, -0.15) is 4.80 Å². The standard InChI is InChI=1S/C20H14ClN5O3/c1-12-2-5-14(6-3-12)25-23-18-9-4-13(10-19(18)24-25)22-20(27)16-11-15(26(28)29)7-8-17(16)21/h2-11H,1H3,(H,22,27). The van der Waals surface area contributed by atoms with Gasteiger partial charge in [-0.25, -0.2) is 0 Å². The van der Waals surface area contributed by atoms with Gasteiger partial charge in [-0.1, -0.05) is 29.3 Å². The van der Waals surface area contributed by atoms with E-state index >= 15 is 0 Å². The number of non-ortho nitro benzene ring substituents is 1. The Bertz CT molecular complexity index is 1250. The second kappa shape index (κ2) is 7.33. The lowest BCUT2D eigenvalue weighted by atomic mass is 10.1. The van der Waals surface area contributed by atoms with Crippen molar-refractivity contribution in [1.82, 2.24) is 15.0 Å². The Morgan fingerprint density at radius 1 is 1.03 bits per heavy atom. The first-order valence-electron chi connectivity index (χ1n) is 8.60. The number of nitro benzene ring substituents is 1. The lowest BCUT2D eigenvalue weighted by Gasteiger charge is -2.06. The number of nitro groups is 1. The first-order chi connectivity index (χ1) is 13.9. The van der Waals surface area contributed by atoms with Crippen LogP contribution in [-0.2, 0) is 0 Å². The molecule has 0 bridgehead atoms. The monoisotopic (exact) mass is 407 g/mol. The third kappa shape index (κ3) is 3.78. The molecule has 4 rings (SSSR count). The lowest BCUT2D eigenvalue weighted by Crippen LogP contribution is -2.12. The number of carbonyl (C=O) groups excluding carboxylic acids is 1. The van der Waals surface area contributed by atoms with E-state index in [9.17, 15) is 14.9 Å². The molecule has 1 N–H and O–H groups in total. The van der Waals surface area contributed by atoms with E-state index in [1.54, 1.807) is 18.2 Å². The van der Waals surface area contributed by atoms with E-state index in [-0.39, 0.29) is 16.3 Å². The summed E-state index contributed by atoms with van der Waals surface area (Å²) in [4.78, 5) is 24.4. The van der Waals surface area contributed by atoms with Crippen LogP contribution >= 0.6 is 11.6 Å². The molecular formula is C20H14ClN5O3. The highest BCUT2D eigenvalue weighted by atomic mass is 35.5. The number of amides is 1. The van der Waals surface area contributed by atoms with Gasteiger partial charge in [-0.3, -0.25) is 14.9 Å². The molecule has 0 aliphatic heterocycles. The molecule has 0 fully saturated rings. The Hall–Kier alpha value is -3.78. The van der Waals surface area contributed by atoms with Gasteiger partial charge in [0, 0.05) is 17.8 Å². The van der Waals surface area contributed by atoms with E-state index in [2.05, 4.69) is 15.5 Å². The van der Waals surface area contributed by atoms with Gasteiger partial charge in [0.1, 0.15) is 11.0 Å². The molecule has 1 aromatic heterocycles. The lowest BCUT2D eigenvalue weighted by molar-refractivity contribution is -0.384. The quantitative estimate of drug-likeness (QED) is 0.395. The minimum Gasteiger partial charge on any atom is -0.322 e. The van der Waals surface area contributed by atoms with Gasteiger partial charge in [0.2, 0.25) is 0 Å². The van der Waals surface area contributed by atoms with Crippen molar-refractivity contribution in [3.05, 3.63) is 86.9 Å². The number of carbonyl (C=O) groups is 1. The van der Waals surface area contributed by atoms with Crippen molar-refractivity contribution in [2.75, 3.05) is 5.32 Å². The van der Waals surface area contributed by atoms with Crippen LogP contribution in [0.15, 0.2) is 60.7 Å². The van der Waals surface area contributed by atoms with Crippen LogP contribution < -0.4 is 5.32 Å². The third-order valence-electron chi connectivity index (χ3n) is 4.31. The molecule has 4 aromatic rings. The van der Waals surface area contributed by atoms with E-state index < -0.39 is 10.8 Å². The number of halogens is 1. The van der Waals surface area contributed by atoms with Gasteiger partial charge in [0.15, 0.2) is 0 Å². The number of hydrogen-bond donors (Lipinski definition) is 1. The molecule has 0 aliphatic carbocycles. The van der Waals surface area contributed by atoms with Crippen LogP contribution in [-0.4, -0.2) is 25.8 Å². The fraction of sp³-hybridized carbons (Fsp3) is 0.0500. The summed E-state index contributed by atoms with van der Waals surface area (Å²) in [6.07, 6.45) is 0. The maximum atomic E-state index is 12.5. The number of nitrogens with zero attached hydrogens (tertiary/aromatic N) is 4. The minimum absolute atomic E-state index is 0.0178. The highest BCUT2D eigenvalue weighted by Crippen LogP contribution is 2.24. The zero-order valence-electron chi connectivity index (χ0n) is 15.2. The molecule has 29 heavy (non-hydrogen) atoms. The maximum absolute atomic E-state index is 12.5. The summed E-state index contributed by atoms with van der Waals surface area (Å²) < 4.78 is 0. The summed E-state index contributed by atoms with van der Waals surface area (Å²) >= 11 is 6.03. The van der Waals surface area contributed by atoms with Gasteiger partial charge in [-0.15, -0.1) is 10.2 Å². The Labute approximate surface area is 169 Å². The molecule has 0 atom stereocenters. The van der Waals surface area contributed by atoms with E-state index in [0.29, 0.717) is 16.7 Å². The Morgan fingerprint density at radius 3 is 2.48 bits per heavy atom. The highest BCUT2D eigenvalue weighted by Gasteiger charge is 2.16. The first kappa shape index (κ1) is 18.6. The zero-order valence-corrected chi connectivity index (χ0v) is 15.9. The van der Waals surface area contributed by atoms with Crippen molar-refractivity contribution in [2.24, 2.45) is 0 Å². The number of aromatic nitrogens is 3. The van der Waals surface area contributed by atoms with Crippen LogP contribution in [0.2, 0.25) is 5.02 Å². The van der Waals surface area contributed by atoms with E-state index in [4.69, 9.17) is 11.6 Å². The molecule has 0 unspecified atom stereocenters. The number of aryl methyl sites for hydroxylation is 1. The second-order valence-electron chi connectivity index (χ2n) is 6.40. The van der Waals surface area contributed by atoms with Crippen molar-refractivity contribution in [3.8, 4) is 5.69 Å². The molecule has 0 saturated carbocycles. The van der Waals surface area contributed by atoms with Crippen LogP contribution in [0.3, 0.4) is 0 Å².